The molecule has 0 amide bonds. The Labute approximate surface area is 177 Å². The summed E-state index contributed by atoms with van der Waals surface area (Å²) < 4.78 is 0. The highest BCUT2D eigenvalue weighted by Gasteiger charge is 2.14. The van der Waals surface area contributed by atoms with Crippen LogP contribution >= 0.6 is 0 Å². The number of benzene rings is 5. The number of rotatable bonds is 4. The van der Waals surface area contributed by atoms with E-state index in [-0.39, 0.29) is 0 Å². The number of hydrogen-bond donors (Lipinski definition) is 0. The zero-order valence-electron chi connectivity index (χ0n) is 17.0. The van der Waals surface area contributed by atoms with Gasteiger partial charge in [0.2, 0.25) is 0 Å². The number of hydrogen-bond acceptors (Lipinski definition) is 1. The molecule has 0 aliphatic rings. The first-order valence-electron chi connectivity index (χ1n) is 10.3. The van der Waals surface area contributed by atoms with Gasteiger partial charge in [-0.05, 0) is 70.8 Å². The molecule has 0 aliphatic carbocycles. The minimum Gasteiger partial charge on any atom is -0.310 e. The predicted octanol–water partition coefficient (Wildman–Crippen LogP) is 8.29. The lowest BCUT2D eigenvalue weighted by Gasteiger charge is -2.26. The van der Waals surface area contributed by atoms with Crippen molar-refractivity contribution in [2.45, 2.75) is 6.92 Å². The van der Waals surface area contributed by atoms with E-state index in [0.717, 1.165) is 17.1 Å². The summed E-state index contributed by atoms with van der Waals surface area (Å²) in [6.45, 7) is 2.20. The minimum absolute atomic E-state index is 1.15. The Morgan fingerprint density at radius 3 is 1.80 bits per heavy atom. The number of anilines is 3. The molecule has 0 N–H and O–H groups in total. The van der Waals surface area contributed by atoms with E-state index in [0.29, 0.717) is 0 Å². The molecule has 0 atom stereocenters. The average Bonchev–Trinajstić information content (AvgIpc) is 2.81. The maximum absolute atomic E-state index is 2.31. The highest BCUT2D eigenvalue weighted by Crippen LogP contribution is 2.38. The van der Waals surface area contributed by atoms with E-state index < -0.39 is 0 Å². The molecule has 0 heterocycles. The lowest BCUT2D eigenvalue weighted by Crippen LogP contribution is -2.09. The SMILES string of the molecule is Cc1ccc2ccccc2c1-c1cccc(N(c2ccccc2)c2ccccc2)c1. The number of para-hydroxylation sites is 2. The molecule has 30 heavy (non-hydrogen) atoms. The van der Waals surface area contributed by atoms with E-state index in [4.69, 9.17) is 0 Å². The lowest BCUT2D eigenvalue weighted by molar-refractivity contribution is 1.28. The summed E-state index contributed by atoms with van der Waals surface area (Å²) in [5.74, 6) is 0. The van der Waals surface area contributed by atoms with E-state index in [1.54, 1.807) is 0 Å². The van der Waals surface area contributed by atoms with E-state index >= 15 is 0 Å². The van der Waals surface area contributed by atoms with E-state index in [2.05, 4.69) is 133 Å². The fraction of sp³-hybridized carbons (Fsp3) is 0.0345. The van der Waals surface area contributed by atoms with Gasteiger partial charge >= 0.3 is 0 Å². The van der Waals surface area contributed by atoms with Crippen LogP contribution in [-0.4, -0.2) is 0 Å². The molecule has 1 nitrogen and oxygen atoms in total. The van der Waals surface area contributed by atoms with E-state index in [1.807, 2.05) is 0 Å². The van der Waals surface area contributed by atoms with Crippen LogP contribution in [0.25, 0.3) is 21.9 Å². The van der Waals surface area contributed by atoms with Crippen molar-refractivity contribution in [3.05, 3.63) is 127 Å². The third-order valence-electron chi connectivity index (χ3n) is 5.56. The van der Waals surface area contributed by atoms with Crippen molar-refractivity contribution in [2.75, 3.05) is 4.90 Å². The molecule has 0 unspecified atom stereocenters. The second-order valence-corrected chi connectivity index (χ2v) is 7.54. The van der Waals surface area contributed by atoms with Crippen molar-refractivity contribution in [1.82, 2.24) is 0 Å². The topological polar surface area (TPSA) is 3.24 Å². The van der Waals surface area contributed by atoms with Crippen molar-refractivity contribution in [3.8, 4) is 11.1 Å². The van der Waals surface area contributed by atoms with Gasteiger partial charge in [0, 0.05) is 17.1 Å². The van der Waals surface area contributed by atoms with Gasteiger partial charge in [-0.2, -0.15) is 0 Å². The second kappa shape index (κ2) is 7.88. The summed E-state index contributed by atoms with van der Waals surface area (Å²) >= 11 is 0. The summed E-state index contributed by atoms with van der Waals surface area (Å²) in [4.78, 5) is 2.31. The van der Waals surface area contributed by atoms with Crippen LogP contribution in [0.2, 0.25) is 0 Å². The van der Waals surface area contributed by atoms with Crippen LogP contribution < -0.4 is 4.90 Å². The number of nitrogens with zero attached hydrogens (tertiary/aromatic N) is 1. The average molecular weight is 386 g/mol. The zero-order valence-corrected chi connectivity index (χ0v) is 17.0. The van der Waals surface area contributed by atoms with Crippen molar-refractivity contribution in [3.63, 3.8) is 0 Å². The van der Waals surface area contributed by atoms with Crippen molar-refractivity contribution in [1.29, 1.82) is 0 Å². The van der Waals surface area contributed by atoms with Crippen LogP contribution in [0.4, 0.5) is 17.1 Å². The first kappa shape index (κ1) is 18.2. The Balaban J connectivity index is 1.70. The van der Waals surface area contributed by atoms with Crippen LogP contribution in [0.3, 0.4) is 0 Å². The molecule has 0 saturated carbocycles. The normalized spacial score (nSPS) is 10.8. The van der Waals surface area contributed by atoms with Crippen molar-refractivity contribution in [2.24, 2.45) is 0 Å². The Kier molecular flexibility index (Phi) is 4.78. The first-order chi connectivity index (χ1) is 14.8. The molecule has 5 rings (SSSR count). The molecular formula is C29H23N. The summed E-state index contributed by atoms with van der Waals surface area (Å²) in [6.07, 6.45) is 0. The second-order valence-electron chi connectivity index (χ2n) is 7.54. The fourth-order valence-corrected chi connectivity index (χ4v) is 4.17. The van der Waals surface area contributed by atoms with Crippen LogP contribution in [0, 0.1) is 6.92 Å². The molecule has 5 aromatic rings. The molecule has 0 aliphatic heterocycles. The molecule has 1 heteroatoms. The van der Waals surface area contributed by atoms with Gasteiger partial charge in [0.1, 0.15) is 0 Å². The van der Waals surface area contributed by atoms with Gasteiger partial charge in [0.05, 0.1) is 0 Å². The maximum atomic E-state index is 2.31. The van der Waals surface area contributed by atoms with Gasteiger partial charge in [-0.15, -0.1) is 0 Å². The monoisotopic (exact) mass is 385 g/mol. The molecular weight excluding hydrogens is 362 g/mol. The molecule has 5 aromatic carbocycles. The van der Waals surface area contributed by atoms with E-state index in [1.165, 1.54) is 27.5 Å². The molecule has 0 saturated heterocycles. The Hall–Kier alpha value is -3.84. The molecule has 0 radical (unpaired) electrons. The molecule has 0 bridgehead atoms. The maximum Gasteiger partial charge on any atom is 0.0467 e. The third-order valence-corrected chi connectivity index (χ3v) is 5.56. The van der Waals surface area contributed by atoms with Gasteiger partial charge in [-0.1, -0.05) is 84.9 Å². The molecule has 0 spiro atoms. The van der Waals surface area contributed by atoms with Gasteiger partial charge in [0.25, 0.3) is 0 Å². The Bertz CT molecular complexity index is 1250. The quantitative estimate of drug-likeness (QED) is 0.301. The van der Waals surface area contributed by atoms with Gasteiger partial charge in [-0.3, -0.25) is 0 Å². The smallest absolute Gasteiger partial charge is 0.0467 e. The molecule has 144 valence electrons. The molecule has 0 fully saturated rings. The van der Waals surface area contributed by atoms with Crippen molar-refractivity contribution >= 4 is 27.8 Å². The zero-order chi connectivity index (χ0) is 20.3. The standard InChI is InChI=1S/C29H23N/c1-22-19-20-23-11-8-9-18-28(23)29(22)24-12-10-17-27(21-24)30(25-13-4-2-5-14-25)26-15-6-3-7-16-26/h2-21H,1H3. The highest BCUT2D eigenvalue weighted by atomic mass is 15.1. The largest absolute Gasteiger partial charge is 0.310 e. The Morgan fingerprint density at radius 1 is 0.500 bits per heavy atom. The minimum atomic E-state index is 1.15. The first-order valence-corrected chi connectivity index (χ1v) is 10.3. The highest BCUT2D eigenvalue weighted by molar-refractivity contribution is 5.99. The summed E-state index contributed by atoms with van der Waals surface area (Å²) in [5, 5.41) is 2.56. The number of fused-ring (bicyclic) bond motifs is 1. The van der Waals surface area contributed by atoms with E-state index in [9.17, 15) is 0 Å². The van der Waals surface area contributed by atoms with Crippen molar-refractivity contribution < 1.29 is 0 Å². The van der Waals surface area contributed by atoms with Crippen LogP contribution in [0.5, 0.6) is 0 Å². The van der Waals surface area contributed by atoms with Gasteiger partial charge in [-0.25, -0.2) is 0 Å². The number of aryl methyl sites for hydroxylation is 1. The van der Waals surface area contributed by atoms with Crippen LogP contribution in [0.15, 0.2) is 121 Å². The third kappa shape index (κ3) is 3.35. The summed E-state index contributed by atoms with van der Waals surface area (Å²) in [5.41, 5.74) is 7.27. The summed E-state index contributed by atoms with van der Waals surface area (Å²) in [7, 11) is 0. The fourth-order valence-electron chi connectivity index (χ4n) is 4.17. The molecule has 0 aromatic heterocycles. The predicted molar refractivity (Wildman–Crippen MR) is 129 cm³/mol. The Morgan fingerprint density at radius 2 is 1.10 bits per heavy atom. The van der Waals surface area contributed by atoms with Crippen LogP contribution in [0.1, 0.15) is 5.56 Å². The van der Waals surface area contributed by atoms with Gasteiger partial charge in [0.15, 0.2) is 0 Å². The van der Waals surface area contributed by atoms with Gasteiger partial charge < -0.3 is 4.90 Å². The summed E-state index contributed by atoms with van der Waals surface area (Å²) in [6, 6.07) is 43.0. The lowest BCUT2D eigenvalue weighted by atomic mass is 9.93. The van der Waals surface area contributed by atoms with Crippen LogP contribution in [-0.2, 0) is 0 Å².